The SMILES string of the molecule is CC(N)(C(=O)NCc1cccc(CN2CCCC2=O)c1)c1ccccc1. The zero-order valence-electron chi connectivity index (χ0n) is 15.1. The van der Waals surface area contributed by atoms with E-state index in [2.05, 4.69) is 5.32 Å². The van der Waals surface area contributed by atoms with Crippen molar-refractivity contribution in [2.45, 2.75) is 38.4 Å². The van der Waals surface area contributed by atoms with Crippen LogP contribution in [-0.2, 0) is 28.2 Å². The van der Waals surface area contributed by atoms with Crippen LogP contribution < -0.4 is 11.1 Å². The zero-order valence-corrected chi connectivity index (χ0v) is 15.1. The predicted molar refractivity (Wildman–Crippen MR) is 101 cm³/mol. The van der Waals surface area contributed by atoms with Gasteiger partial charge in [0.25, 0.3) is 0 Å². The minimum atomic E-state index is -1.08. The summed E-state index contributed by atoms with van der Waals surface area (Å²) in [6, 6.07) is 17.3. The van der Waals surface area contributed by atoms with Crippen molar-refractivity contribution in [3.63, 3.8) is 0 Å². The minimum absolute atomic E-state index is 0.213. The molecule has 1 heterocycles. The third kappa shape index (κ3) is 4.11. The minimum Gasteiger partial charge on any atom is -0.350 e. The Balaban J connectivity index is 1.61. The largest absolute Gasteiger partial charge is 0.350 e. The number of nitrogens with one attached hydrogen (secondary N) is 1. The Morgan fingerprint density at radius 1 is 1.15 bits per heavy atom. The van der Waals surface area contributed by atoms with Gasteiger partial charge in [-0.05, 0) is 30.0 Å². The van der Waals surface area contributed by atoms with Crippen LogP contribution in [0.25, 0.3) is 0 Å². The number of nitrogens with zero attached hydrogens (tertiary/aromatic N) is 1. The second kappa shape index (κ2) is 7.70. The fourth-order valence-electron chi connectivity index (χ4n) is 3.21. The van der Waals surface area contributed by atoms with Gasteiger partial charge in [-0.1, -0.05) is 54.6 Å². The fourth-order valence-corrected chi connectivity index (χ4v) is 3.21. The highest BCUT2D eigenvalue weighted by Gasteiger charge is 2.30. The van der Waals surface area contributed by atoms with Crippen molar-refractivity contribution in [3.05, 3.63) is 71.3 Å². The molecule has 5 nitrogen and oxygen atoms in total. The molecule has 1 atom stereocenters. The van der Waals surface area contributed by atoms with Crippen LogP contribution in [0.4, 0.5) is 0 Å². The van der Waals surface area contributed by atoms with E-state index >= 15 is 0 Å². The summed E-state index contributed by atoms with van der Waals surface area (Å²) in [7, 11) is 0. The first-order valence-corrected chi connectivity index (χ1v) is 8.95. The molecule has 2 aromatic rings. The van der Waals surface area contributed by atoms with Gasteiger partial charge in [0.05, 0.1) is 0 Å². The van der Waals surface area contributed by atoms with E-state index in [9.17, 15) is 9.59 Å². The average Bonchev–Trinajstić information content (AvgIpc) is 3.05. The van der Waals surface area contributed by atoms with Gasteiger partial charge in [-0.25, -0.2) is 0 Å². The first kappa shape index (κ1) is 18.1. The lowest BCUT2D eigenvalue weighted by molar-refractivity contribution is -0.128. The Hall–Kier alpha value is -2.66. The van der Waals surface area contributed by atoms with E-state index in [1.165, 1.54) is 0 Å². The lowest BCUT2D eigenvalue weighted by Gasteiger charge is -2.24. The highest BCUT2D eigenvalue weighted by Crippen LogP contribution is 2.18. The maximum Gasteiger partial charge on any atom is 0.244 e. The molecule has 0 bridgehead atoms. The van der Waals surface area contributed by atoms with Crippen molar-refractivity contribution in [2.24, 2.45) is 5.73 Å². The van der Waals surface area contributed by atoms with Crippen LogP contribution >= 0.6 is 0 Å². The third-order valence-electron chi connectivity index (χ3n) is 4.83. The van der Waals surface area contributed by atoms with Crippen LogP contribution in [0, 0.1) is 0 Å². The van der Waals surface area contributed by atoms with Crippen LogP contribution in [0.2, 0.25) is 0 Å². The van der Waals surface area contributed by atoms with E-state index in [4.69, 9.17) is 5.73 Å². The standard InChI is InChI=1S/C21H25N3O2/c1-21(22,18-9-3-2-4-10-18)20(26)23-14-16-7-5-8-17(13-16)15-24-12-6-11-19(24)25/h2-5,7-10,13H,6,11-12,14-15,22H2,1H3,(H,23,26). The van der Waals surface area contributed by atoms with Crippen molar-refractivity contribution in [3.8, 4) is 0 Å². The summed E-state index contributed by atoms with van der Waals surface area (Å²) in [5.74, 6) is -0.00529. The van der Waals surface area contributed by atoms with Crippen LogP contribution in [0.5, 0.6) is 0 Å². The summed E-state index contributed by atoms with van der Waals surface area (Å²) < 4.78 is 0. The number of likely N-dealkylation sites (tertiary alicyclic amines) is 1. The van der Waals surface area contributed by atoms with Gasteiger partial charge in [0.1, 0.15) is 5.54 Å². The van der Waals surface area contributed by atoms with Gasteiger partial charge in [-0.3, -0.25) is 9.59 Å². The monoisotopic (exact) mass is 351 g/mol. The Morgan fingerprint density at radius 3 is 2.58 bits per heavy atom. The Kier molecular flexibility index (Phi) is 5.38. The maximum atomic E-state index is 12.6. The quantitative estimate of drug-likeness (QED) is 0.838. The van der Waals surface area contributed by atoms with Gasteiger partial charge in [-0.15, -0.1) is 0 Å². The molecular weight excluding hydrogens is 326 g/mol. The molecule has 0 spiro atoms. The Bertz CT molecular complexity index is 787. The van der Waals surface area contributed by atoms with Gasteiger partial charge in [0.2, 0.25) is 11.8 Å². The number of carbonyl (C=O) groups excluding carboxylic acids is 2. The van der Waals surface area contributed by atoms with Crippen LogP contribution in [0.1, 0.15) is 36.5 Å². The zero-order chi connectivity index (χ0) is 18.6. The number of amides is 2. The molecule has 1 aliphatic rings. The van der Waals surface area contributed by atoms with E-state index < -0.39 is 5.54 Å². The van der Waals surface area contributed by atoms with Gasteiger partial charge >= 0.3 is 0 Å². The molecule has 0 radical (unpaired) electrons. The fraction of sp³-hybridized carbons (Fsp3) is 0.333. The van der Waals surface area contributed by atoms with E-state index in [0.717, 1.165) is 29.7 Å². The Labute approximate surface area is 154 Å². The lowest BCUT2D eigenvalue weighted by Crippen LogP contribution is -2.48. The van der Waals surface area contributed by atoms with Crippen molar-refractivity contribution in [2.75, 3.05) is 6.54 Å². The molecule has 136 valence electrons. The summed E-state index contributed by atoms with van der Waals surface area (Å²) in [6.45, 7) is 3.56. The first-order valence-electron chi connectivity index (χ1n) is 8.95. The molecule has 1 unspecified atom stereocenters. The molecule has 1 aliphatic heterocycles. The van der Waals surface area contributed by atoms with Crippen molar-refractivity contribution in [1.29, 1.82) is 0 Å². The highest BCUT2D eigenvalue weighted by atomic mass is 16.2. The molecule has 1 fully saturated rings. The third-order valence-corrected chi connectivity index (χ3v) is 4.83. The number of benzene rings is 2. The van der Waals surface area contributed by atoms with Crippen molar-refractivity contribution < 1.29 is 9.59 Å². The first-order chi connectivity index (χ1) is 12.5. The van der Waals surface area contributed by atoms with E-state index in [-0.39, 0.29) is 11.8 Å². The molecular formula is C21H25N3O2. The molecule has 3 N–H and O–H groups in total. The normalized spacial score (nSPS) is 16.4. The maximum absolute atomic E-state index is 12.6. The van der Waals surface area contributed by atoms with E-state index in [1.807, 2.05) is 59.5 Å². The van der Waals surface area contributed by atoms with E-state index in [0.29, 0.717) is 19.5 Å². The van der Waals surface area contributed by atoms with Crippen LogP contribution in [-0.4, -0.2) is 23.3 Å². The molecule has 0 aromatic heterocycles. The summed E-state index contributed by atoms with van der Waals surface area (Å²) >= 11 is 0. The van der Waals surface area contributed by atoms with Crippen molar-refractivity contribution in [1.82, 2.24) is 10.2 Å². The Morgan fingerprint density at radius 2 is 1.88 bits per heavy atom. The number of rotatable bonds is 6. The number of hydrogen-bond donors (Lipinski definition) is 2. The number of nitrogens with two attached hydrogens (primary N) is 1. The van der Waals surface area contributed by atoms with Crippen LogP contribution in [0.15, 0.2) is 54.6 Å². The molecule has 26 heavy (non-hydrogen) atoms. The van der Waals surface area contributed by atoms with E-state index in [1.54, 1.807) is 6.92 Å². The summed E-state index contributed by atoms with van der Waals surface area (Å²) in [5.41, 5.74) is 8.00. The summed E-state index contributed by atoms with van der Waals surface area (Å²) in [4.78, 5) is 26.2. The molecule has 0 saturated carbocycles. The molecule has 0 aliphatic carbocycles. The molecule has 5 heteroatoms. The van der Waals surface area contributed by atoms with Gasteiger partial charge < -0.3 is 16.0 Å². The highest BCUT2D eigenvalue weighted by molar-refractivity contribution is 5.87. The van der Waals surface area contributed by atoms with Gasteiger partial charge in [0, 0.05) is 26.1 Å². The average molecular weight is 351 g/mol. The van der Waals surface area contributed by atoms with Crippen molar-refractivity contribution >= 4 is 11.8 Å². The van der Waals surface area contributed by atoms with Gasteiger partial charge in [-0.2, -0.15) is 0 Å². The summed E-state index contributed by atoms with van der Waals surface area (Å²) in [5, 5.41) is 2.92. The smallest absolute Gasteiger partial charge is 0.244 e. The second-order valence-electron chi connectivity index (χ2n) is 6.99. The van der Waals surface area contributed by atoms with Gasteiger partial charge in [0.15, 0.2) is 0 Å². The molecule has 3 rings (SSSR count). The number of carbonyl (C=O) groups is 2. The number of hydrogen-bond acceptors (Lipinski definition) is 3. The summed E-state index contributed by atoms with van der Waals surface area (Å²) in [6.07, 6.45) is 1.58. The molecule has 2 amide bonds. The lowest BCUT2D eigenvalue weighted by atomic mass is 9.92. The van der Waals surface area contributed by atoms with Crippen LogP contribution in [0.3, 0.4) is 0 Å². The predicted octanol–water partition coefficient (Wildman–Crippen LogP) is 2.30. The second-order valence-corrected chi connectivity index (χ2v) is 6.99. The molecule has 1 saturated heterocycles. The molecule has 2 aromatic carbocycles. The topological polar surface area (TPSA) is 75.4 Å².